The Labute approximate surface area is 155 Å². The number of sulfonamides is 1. The molecule has 0 atom stereocenters. The molecule has 0 aliphatic carbocycles. The number of nitrogens with one attached hydrogen (secondary N) is 1. The SMILES string of the molecule is CNS(=O)(=O)c1cc(C(=O)OCc2ccc(C(=O)OC)cc2)ccc1Cl. The van der Waals surface area contributed by atoms with Crippen molar-refractivity contribution in [3.8, 4) is 0 Å². The van der Waals surface area contributed by atoms with E-state index < -0.39 is 22.0 Å². The number of rotatable bonds is 6. The van der Waals surface area contributed by atoms with Gasteiger partial charge in [0.15, 0.2) is 0 Å². The van der Waals surface area contributed by atoms with Crippen molar-refractivity contribution in [3.63, 3.8) is 0 Å². The van der Waals surface area contributed by atoms with Gasteiger partial charge in [0.2, 0.25) is 10.0 Å². The molecule has 0 unspecified atom stereocenters. The van der Waals surface area contributed by atoms with Crippen molar-refractivity contribution >= 4 is 33.6 Å². The third-order valence-corrected chi connectivity index (χ3v) is 5.37. The van der Waals surface area contributed by atoms with Gasteiger partial charge in [-0.15, -0.1) is 0 Å². The van der Waals surface area contributed by atoms with Crippen LogP contribution in [0, 0.1) is 0 Å². The topological polar surface area (TPSA) is 98.8 Å². The first-order valence-corrected chi connectivity index (χ1v) is 9.22. The summed E-state index contributed by atoms with van der Waals surface area (Å²) in [7, 11) is -1.27. The molecule has 0 bridgehead atoms. The summed E-state index contributed by atoms with van der Waals surface area (Å²) in [4.78, 5) is 23.3. The Bertz CT molecular complexity index is 925. The Kier molecular flexibility index (Phi) is 6.36. The molecule has 0 amide bonds. The van der Waals surface area contributed by atoms with Crippen LogP contribution in [-0.2, 0) is 26.1 Å². The van der Waals surface area contributed by atoms with Gasteiger partial charge in [-0.3, -0.25) is 0 Å². The number of methoxy groups -OCH3 is 1. The van der Waals surface area contributed by atoms with E-state index >= 15 is 0 Å². The molecule has 26 heavy (non-hydrogen) atoms. The highest BCUT2D eigenvalue weighted by Gasteiger charge is 2.19. The summed E-state index contributed by atoms with van der Waals surface area (Å²) in [6, 6.07) is 10.2. The maximum absolute atomic E-state index is 12.2. The lowest BCUT2D eigenvalue weighted by atomic mass is 10.1. The van der Waals surface area contributed by atoms with Crippen molar-refractivity contribution in [1.82, 2.24) is 4.72 Å². The van der Waals surface area contributed by atoms with Crippen LogP contribution in [-0.4, -0.2) is 34.5 Å². The maximum Gasteiger partial charge on any atom is 0.338 e. The van der Waals surface area contributed by atoms with Crippen LogP contribution >= 0.6 is 11.6 Å². The quantitative estimate of drug-likeness (QED) is 0.751. The van der Waals surface area contributed by atoms with Crippen LogP contribution in [0.15, 0.2) is 47.4 Å². The average Bonchev–Trinajstić information content (AvgIpc) is 2.66. The lowest BCUT2D eigenvalue weighted by molar-refractivity contribution is 0.0471. The van der Waals surface area contributed by atoms with Crippen molar-refractivity contribution < 1.29 is 27.5 Å². The van der Waals surface area contributed by atoms with Gasteiger partial charge in [-0.25, -0.2) is 22.7 Å². The molecule has 0 aliphatic heterocycles. The van der Waals surface area contributed by atoms with Crippen molar-refractivity contribution in [2.24, 2.45) is 0 Å². The average molecular weight is 398 g/mol. The third kappa shape index (κ3) is 4.60. The van der Waals surface area contributed by atoms with Crippen LogP contribution in [0.5, 0.6) is 0 Å². The van der Waals surface area contributed by atoms with Gasteiger partial charge in [0, 0.05) is 0 Å². The molecule has 1 N–H and O–H groups in total. The fourth-order valence-corrected chi connectivity index (χ4v) is 3.28. The minimum absolute atomic E-state index is 0.00528. The third-order valence-electron chi connectivity index (χ3n) is 3.47. The van der Waals surface area contributed by atoms with Crippen molar-refractivity contribution in [1.29, 1.82) is 0 Å². The van der Waals surface area contributed by atoms with Crippen LogP contribution in [0.1, 0.15) is 26.3 Å². The monoisotopic (exact) mass is 397 g/mol. The van der Waals surface area contributed by atoms with Gasteiger partial charge in [0.25, 0.3) is 0 Å². The number of hydrogen-bond donors (Lipinski definition) is 1. The number of carbonyl (C=O) groups is 2. The second kappa shape index (κ2) is 8.31. The molecule has 0 heterocycles. The van der Waals surface area contributed by atoms with Crippen molar-refractivity contribution in [2.45, 2.75) is 11.5 Å². The Morgan fingerprint density at radius 1 is 1.04 bits per heavy atom. The zero-order valence-corrected chi connectivity index (χ0v) is 15.6. The zero-order valence-electron chi connectivity index (χ0n) is 14.0. The van der Waals surface area contributed by atoms with Crippen LogP contribution in [0.2, 0.25) is 5.02 Å². The van der Waals surface area contributed by atoms with Gasteiger partial charge in [0.1, 0.15) is 11.5 Å². The Balaban J connectivity index is 2.11. The molecule has 0 spiro atoms. The minimum Gasteiger partial charge on any atom is -0.465 e. The molecule has 2 rings (SSSR count). The highest BCUT2D eigenvalue weighted by atomic mass is 35.5. The highest BCUT2D eigenvalue weighted by Crippen LogP contribution is 2.23. The molecular formula is C17H16ClNO6S. The Morgan fingerprint density at radius 2 is 1.65 bits per heavy atom. The predicted octanol–water partition coefficient (Wildman–Crippen LogP) is 2.39. The summed E-state index contributed by atoms with van der Waals surface area (Å²) in [5.41, 5.74) is 1.08. The zero-order chi connectivity index (χ0) is 19.3. The molecule has 0 fully saturated rings. The van der Waals surface area contributed by atoms with E-state index in [2.05, 4.69) is 9.46 Å². The Hall–Kier alpha value is -2.42. The van der Waals surface area contributed by atoms with Gasteiger partial charge in [-0.2, -0.15) is 0 Å². The fourth-order valence-electron chi connectivity index (χ4n) is 2.03. The van der Waals surface area contributed by atoms with E-state index in [1.807, 2.05) is 0 Å². The highest BCUT2D eigenvalue weighted by molar-refractivity contribution is 7.89. The first-order chi connectivity index (χ1) is 12.3. The van der Waals surface area contributed by atoms with Gasteiger partial charge in [-0.05, 0) is 42.9 Å². The van der Waals surface area contributed by atoms with Crippen LogP contribution in [0.3, 0.4) is 0 Å². The summed E-state index contributed by atoms with van der Waals surface area (Å²) in [5, 5.41) is -0.00528. The van der Waals surface area contributed by atoms with Crippen molar-refractivity contribution in [3.05, 3.63) is 64.2 Å². The van der Waals surface area contributed by atoms with Crippen LogP contribution in [0.25, 0.3) is 0 Å². The summed E-state index contributed by atoms with van der Waals surface area (Å²) in [6.45, 7) is -0.0446. The summed E-state index contributed by atoms with van der Waals surface area (Å²) in [5.74, 6) is -1.17. The van der Waals surface area contributed by atoms with Crippen LogP contribution < -0.4 is 4.72 Å². The van der Waals surface area contributed by atoms with E-state index in [1.54, 1.807) is 24.3 Å². The molecule has 0 saturated heterocycles. The van der Waals surface area contributed by atoms with E-state index in [1.165, 1.54) is 26.3 Å². The van der Waals surface area contributed by atoms with Gasteiger partial charge < -0.3 is 9.47 Å². The van der Waals surface area contributed by atoms with Gasteiger partial charge in [-0.1, -0.05) is 23.7 Å². The van der Waals surface area contributed by atoms with Gasteiger partial charge >= 0.3 is 11.9 Å². The van der Waals surface area contributed by atoms with Crippen molar-refractivity contribution in [2.75, 3.05) is 14.2 Å². The van der Waals surface area contributed by atoms with E-state index in [9.17, 15) is 18.0 Å². The molecule has 2 aromatic carbocycles. The van der Waals surface area contributed by atoms with Crippen LogP contribution in [0.4, 0.5) is 0 Å². The molecule has 0 saturated carbocycles. The smallest absolute Gasteiger partial charge is 0.338 e. The lowest BCUT2D eigenvalue weighted by Gasteiger charge is -2.09. The Morgan fingerprint density at radius 3 is 2.23 bits per heavy atom. The number of ether oxygens (including phenoxy) is 2. The molecular weight excluding hydrogens is 382 g/mol. The number of hydrogen-bond acceptors (Lipinski definition) is 6. The fraction of sp³-hybridized carbons (Fsp3) is 0.176. The molecule has 138 valence electrons. The molecule has 0 aromatic heterocycles. The molecule has 9 heteroatoms. The first-order valence-electron chi connectivity index (χ1n) is 7.36. The van der Waals surface area contributed by atoms with E-state index in [0.717, 1.165) is 6.07 Å². The summed E-state index contributed by atoms with van der Waals surface area (Å²) in [6.07, 6.45) is 0. The minimum atomic E-state index is -3.80. The predicted molar refractivity (Wildman–Crippen MR) is 94.6 cm³/mol. The molecule has 2 aromatic rings. The normalized spacial score (nSPS) is 11.0. The number of carbonyl (C=O) groups excluding carboxylic acids is 2. The molecule has 0 aliphatic rings. The summed E-state index contributed by atoms with van der Waals surface area (Å²) >= 11 is 5.88. The maximum atomic E-state index is 12.2. The second-order valence-corrected chi connectivity index (χ2v) is 7.38. The van der Waals surface area contributed by atoms with E-state index in [4.69, 9.17) is 16.3 Å². The standard InChI is InChI=1S/C17H16ClNO6S/c1-19-26(22,23)15-9-13(7-8-14(15)18)17(21)25-10-11-3-5-12(6-4-11)16(20)24-2/h3-9,19H,10H2,1-2H3. The molecule has 7 nitrogen and oxygen atoms in total. The number of esters is 2. The molecule has 0 radical (unpaired) electrons. The lowest BCUT2D eigenvalue weighted by Crippen LogP contribution is -2.19. The summed E-state index contributed by atoms with van der Waals surface area (Å²) < 4.78 is 35.7. The first kappa shape index (κ1) is 19.9. The number of benzene rings is 2. The van der Waals surface area contributed by atoms with E-state index in [-0.39, 0.29) is 22.1 Å². The second-order valence-electron chi connectivity index (χ2n) is 5.12. The largest absolute Gasteiger partial charge is 0.465 e. The number of halogens is 1. The van der Waals surface area contributed by atoms with E-state index in [0.29, 0.717) is 11.1 Å². The van der Waals surface area contributed by atoms with Gasteiger partial charge in [0.05, 0.1) is 23.3 Å².